The Balaban J connectivity index is 0.000000182. The van der Waals surface area contributed by atoms with E-state index in [2.05, 4.69) is 5.32 Å². The normalized spacial score (nSPS) is 22.4. The van der Waals surface area contributed by atoms with Crippen molar-refractivity contribution in [2.45, 2.75) is 58.2 Å². The van der Waals surface area contributed by atoms with E-state index in [4.69, 9.17) is 14.2 Å². The molecule has 0 unspecified atom stereocenters. The van der Waals surface area contributed by atoms with Gasteiger partial charge >= 0.3 is 6.09 Å². The Bertz CT molecular complexity index is 360. The fourth-order valence-electron chi connectivity index (χ4n) is 3.31. The first-order valence-corrected chi connectivity index (χ1v) is 9.59. The lowest BCUT2D eigenvalue weighted by molar-refractivity contribution is -0.172. The molecule has 140 valence electrons. The summed E-state index contributed by atoms with van der Waals surface area (Å²) in [7, 11) is 0. The highest BCUT2D eigenvalue weighted by Crippen LogP contribution is 2.29. The topological polar surface area (TPSA) is 60.0 Å². The van der Waals surface area contributed by atoms with Gasteiger partial charge in [0.05, 0.1) is 19.8 Å². The summed E-state index contributed by atoms with van der Waals surface area (Å²) in [6.45, 7) is 9.54. The number of ether oxygens (including phenoxy) is 3. The van der Waals surface area contributed by atoms with Crippen LogP contribution in [0.5, 0.6) is 0 Å². The minimum absolute atomic E-state index is 0.158. The summed E-state index contributed by atoms with van der Waals surface area (Å²) in [6.07, 6.45) is 7.07. The lowest BCUT2D eigenvalue weighted by atomic mass is 9.83. The van der Waals surface area contributed by atoms with Gasteiger partial charge in [-0.25, -0.2) is 4.79 Å². The van der Waals surface area contributed by atoms with Crippen LogP contribution in [0, 0.1) is 5.92 Å². The van der Waals surface area contributed by atoms with Gasteiger partial charge in [0, 0.05) is 39.0 Å². The van der Waals surface area contributed by atoms with Gasteiger partial charge in [-0.15, -0.1) is 0 Å². The fraction of sp³-hybridized carbons (Fsp3) is 0.944. The molecule has 1 N–H and O–H groups in total. The van der Waals surface area contributed by atoms with Crippen molar-refractivity contribution in [3.8, 4) is 0 Å². The maximum atomic E-state index is 11.4. The van der Waals surface area contributed by atoms with Crippen molar-refractivity contribution in [2.24, 2.45) is 5.92 Å². The molecule has 0 aromatic heterocycles. The van der Waals surface area contributed by atoms with Crippen molar-refractivity contribution in [3.05, 3.63) is 0 Å². The molecule has 1 saturated carbocycles. The van der Waals surface area contributed by atoms with E-state index in [1.54, 1.807) is 4.90 Å². The van der Waals surface area contributed by atoms with Crippen molar-refractivity contribution in [3.63, 3.8) is 0 Å². The summed E-state index contributed by atoms with van der Waals surface area (Å²) >= 11 is 0. The van der Waals surface area contributed by atoms with Gasteiger partial charge in [-0.3, -0.25) is 0 Å². The lowest BCUT2D eigenvalue weighted by Crippen LogP contribution is -2.42. The number of carbonyl (C=O) groups is 1. The van der Waals surface area contributed by atoms with E-state index in [0.29, 0.717) is 6.61 Å². The summed E-state index contributed by atoms with van der Waals surface area (Å²) in [5.74, 6) is 0.670. The molecule has 0 aromatic rings. The summed E-state index contributed by atoms with van der Waals surface area (Å²) in [5.41, 5.74) is 0. The highest BCUT2D eigenvalue weighted by Gasteiger charge is 2.37. The fourth-order valence-corrected chi connectivity index (χ4v) is 3.31. The number of carbonyl (C=O) groups excluding carboxylic acids is 1. The van der Waals surface area contributed by atoms with Gasteiger partial charge in [0.15, 0.2) is 5.79 Å². The molecule has 2 aliphatic heterocycles. The highest BCUT2D eigenvalue weighted by atomic mass is 16.7. The van der Waals surface area contributed by atoms with Gasteiger partial charge < -0.3 is 24.4 Å². The van der Waals surface area contributed by atoms with Crippen LogP contribution in [0.2, 0.25) is 0 Å². The highest BCUT2D eigenvalue weighted by molar-refractivity contribution is 5.67. The van der Waals surface area contributed by atoms with Crippen LogP contribution in [0.1, 0.15) is 52.4 Å². The predicted molar refractivity (Wildman–Crippen MR) is 93.0 cm³/mol. The second kappa shape index (κ2) is 10.2. The van der Waals surface area contributed by atoms with Crippen LogP contribution < -0.4 is 5.32 Å². The molecule has 3 rings (SSSR count). The number of nitrogens with zero attached hydrogens (tertiary/aromatic N) is 1. The lowest BCUT2D eigenvalue weighted by Gasteiger charge is -2.31. The van der Waals surface area contributed by atoms with Crippen LogP contribution in [0.4, 0.5) is 4.79 Å². The van der Waals surface area contributed by atoms with Crippen LogP contribution in [-0.2, 0) is 14.2 Å². The molecule has 0 aromatic carbocycles. The summed E-state index contributed by atoms with van der Waals surface area (Å²) in [5, 5.41) is 3.28. The zero-order valence-electron chi connectivity index (χ0n) is 15.3. The third-order valence-corrected chi connectivity index (χ3v) is 5.12. The van der Waals surface area contributed by atoms with E-state index in [1.165, 1.54) is 19.3 Å². The number of piperidine rings is 1. The Morgan fingerprint density at radius 3 is 2.38 bits per heavy atom. The second-order valence-electron chi connectivity index (χ2n) is 6.72. The minimum atomic E-state index is -0.189. The smallest absolute Gasteiger partial charge is 0.409 e. The average molecular weight is 342 g/mol. The summed E-state index contributed by atoms with van der Waals surface area (Å²) < 4.78 is 16.0. The standard InChI is InChI=1S/C11H21NO2.C7H13NO2/c1-3-12(11(13)14-4-2)9-8-10-6-5-7-10;1-3-8-4-2-7(1)9-5-6-10-7/h10H,3-9H2,1-2H3;8H,1-6H2. The Labute approximate surface area is 146 Å². The van der Waals surface area contributed by atoms with E-state index in [-0.39, 0.29) is 11.9 Å². The van der Waals surface area contributed by atoms with Crippen LogP contribution >= 0.6 is 0 Å². The number of nitrogens with one attached hydrogen (secondary N) is 1. The van der Waals surface area contributed by atoms with E-state index in [1.807, 2.05) is 13.8 Å². The molecule has 0 bridgehead atoms. The predicted octanol–water partition coefficient (Wildman–Crippen LogP) is 2.77. The molecule has 6 heteroatoms. The second-order valence-corrected chi connectivity index (χ2v) is 6.72. The van der Waals surface area contributed by atoms with Crippen LogP contribution in [0.3, 0.4) is 0 Å². The number of hydrogen-bond acceptors (Lipinski definition) is 5. The van der Waals surface area contributed by atoms with Crippen LogP contribution in [0.25, 0.3) is 0 Å². The summed E-state index contributed by atoms with van der Waals surface area (Å²) in [4.78, 5) is 13.2. The van der Waals surface area contributed by atoms with Gasteiger partial charge in [0.2, 0.25) is 0 Å². The van der Waals surface area contributed by atoms with Gasteiger partial charge in [0.25, 0.3) is 0 Å². The molecule has 6 nitrogen and oxygen atoms in total. The number of hydrogen-bond donors (Lipinski definition) is 1. The first-order valence-electron chi connectivity index (χ1n) is 9.59. The average Bonchev–Trinajstić information content (AvgIpc) is 2.99. The Hall–Kier alpha value is -0.850. The first kappa shape index (κ1) is 19.5. The third kappa shape index (κ3) is 5.90. The molecule has 0 radical (unpaired) electrons. The molecule has 3 aliphatic rings. The molecule has 1 amide bonds. The molecule has 0 atom stereocenters. The van der Waals surface area contributed by atoms with Crippen molar-refractivity contribution < 1.29 is 19.0 Å². The Morgan fingerprint density at radius 2 is 1.88 bits per heavy atom. The summed E-state index contributed by atoms with van der Waals surface area (Å²) in [6, 6.07) is 0. The van der Waals surface area contributed by atoms with Crippen molar-refractivity contribution in [1.29, 1.82) is 0 Å². The molecule has 24 heavy (non-hydrogen) atoms. The SMILES string of the molecule is C1CC2(CCN1)OCCO2.CCOC(=O)N(CC)CCC1CCC1. The monoisotopic (exact) mass is 342 g/mol. The Morgan fingerprint density at radius 1 is 1.21 bits per heavy atom. The van der Waals surface area contributed by atoms with Crippen molar-refractivity contribution in [2.75, 3.05) is 46.0 Å². The van der Waals surface area contributed by atoms with E-state index in [0.717, 1.165) is 64.6 Å². The van der Waals surface area contributed by atoms with Gasteiger partial charge in [0.1, 0.15) is 0 Å². The minimum Gasteiger partial charge on any atom is -0.450 e. The van der Waals surface area contributed by atoms with Crippen LogP contribution in [-0.4, -0.2) is 62.8 Å². The molecular weight excluding hydrogens is 308 g/mol. The van der Waals surface area contributed by atoms with Gasteiger partial charge in [-0.05, 0) is 26.2 Å². The third-order valence-electron chi connectivity index (χ3n) is 5.12. The molecule has 3 fully saturated rings. The largest absolute Gasteiger partial charge is 0.450 e. The zero-order chi connectivity index (χ0) is 17.3. The van der Waals surface area contributed by atoms with Gasteiger partial charge in [-0.1, -0.05) is 19.3 Å². The molecule has 2 saturated heterocycles. The molecule has 1 aliphatic carbocycles. The van der Waals surface area contributed by atoms with Crippen LogP contribution in [0.15, 0.2) is 0 Å². The van der Waals surface area contributed by atoms with E-state index < -0.39 is 0 Å². The van der Waals surface area contributed by atoms with Crippen molar-refractivity contribution >= 4 is 6.09 Å². The first-order chi connectivity index (χ1) is 11.7. The van der Waals surface area contributed by atoms with Crippen molar-refractivity contribution in [1.82, 2.24) is 10.2 Å². The molecule has 2 heterocycles. The van der Waals surface area contributed by atoms with E-state index >= 15 is 0 Å². The quantitative estimate of drug-likeness (QED) is 0.832. The maximum Gasteiger partial charge on any atom is 0.409 e. The zero-order valence-corrected chi connectivity index (χ0v) is 15.3. The van der Waals surface area contributed by atoms with E-state index in [9.17, 15) is 4.79 Å². The molecule has 1 spiro atoms. The Kier molecular flexibility index (Phi) is 8.29. The maximum absolute atomic E-state index is 11.4. The molecular formula is C18H34N2O4. The van der Waals surface area contributed by atoms with Gasteiger partial charge in [-0.2, -0.15) is 0 Å². The number of amides is 1. The number of rotatable bonds is 5.